The Labute approximate surface area is 231 Å². The van der Waals surface area contributed by atoms with Gasteiger partial charge in [0.1, 0.15) is 17.3 Å². The van der Waals surface area contributed by atoms with Crippen LogP contribution in [0.5, 0.6) is 0 Å². The van der Waals surface area contributed by atoms with E-state index in [-0.39, 0.29) is 17.3 Å². The number of carbonyl (C=O) groups excluding carboxylic acids is 3. The van der Waals surface area contributed by atoms with Crippen LogP contribution in [0.1, 0.15) is 37.4 Å². The summed E-state index contributed by atoms with van der Waals surface area (Å²) in [5.74, 6) is -3.13. The van der Waals surface area contributed by atoms with Crippen LogP contribution in [-0.4, -0.2) is 29.6 Å². The number of fused-ring (bicyclic) bond motifs is 6. The van der Waals surface area contributed by atoms with E-state index in [1.807, 2.05) is 66.4 Å². The van der Waals surface area contributed by atoms with Crippen molar-refractivity contribution in [3.63, 3.8) is 0 Å². The number of hydrogen-bond acceptors (Lipinski definition) is 4. The highest BCUT2D eigenvalue weighted by Gasteiger charge is 2.70. The average Bonchev–Trinajstić information content (AvgIpc) is 3.45. The smallest absolute Gasteiger partial charge is 0.238 e. The Morgan fingerprint density at radius 3 is 2.40 bits per heavy atom. The van der Waals surface area contributed by atoms with E-state index in [0.717, 1.165) is 16.8 Å². The minimum absolute atomic E-state index is 0.136. The molecule has 0 aliphatic carbocycles. The fourth-order valence-electron chi connectivity index (χ4n) is 6.90. The summed E-state index contributed by atoms with van der Waals surface area (Å²) in [6, 6.07) is 26.0. The monoisotopic (exact) mass is 528 g/mol. The van der Waals surface area contributed by atoms with Crippen molar-refractivity contribution in [2.75, 3.05) is 10.2 Å². The Hall–Kier alpha value is -4.84. The highest BCUT2D eigenvalue weighted by Crippen LogP contribution is 2.58. The van der Waals surface area contributed by atoms with E-state index in [9.17, 15) is 14.4 Å². The van der Waals surface area contributed by atoms with Crippen molar-refractivity contribution in [1.82, 2.24) is 0 Å². The van der Waals surface area contributed by atoms with Gasteiger partial charge in [0.2, 0.25) is 5.91 Å². The average molecular weight is 529 g/mol. The van der Waals surface area contributed by atoms with Gasteiger partial charge in [0.15, 0.2) is 11.6 Å². The lowest BCUT2D eigenvalue weighted by molar-refractivity contribution is -0.121. The third-order valence-electron chi connectivity index (χ3n) is 8.54. The maximum Gasteiger partial charge on any atom is 0.238 e. The van der Waals surface area contributed by atoms with Gasteiger partial charge in [-0.2, -0.15) is 0 Å². The summed E-state index contributed by atoms with van der Waals surface area (Å²) < 4.78 is 15.2. The molecule has 3 aliphatic rings. The topological polar surface area (TPSA) is 66.5 Å². The van der Waals surface area contributed by atoms with E-state index in [1.54, 1.807) is 36.4 Å². The van der Waals surface area contributed by atoms with Crippen LogP contribution in [0.15, 0.2) is 103 Å². The number of rotatable bonds is 4. The molecule has 3 aliphatic heterocycles. The molecule has 1 spiro atoms. The normalized spacial score (nSPS) is 23.9. The van der Waals surface area contributed by atoms with E-state index in [1.165, 1.54) is 18.2 Å². The first-order chi connectivity index (χ1) is 19.4. The summed E-state index contributed by atoms with van der Waals surface area (Å²) in [4.78, 5) is 45.4. The van der Waals surface area contributed by atoms with Crippen molar-refractivity contribution < 1.29 is 18.8 Å². The molecule has 6 heteroatoms. The number of nitrogens with one attached hydrogen (secondary N) is 1. The molecule has 1 amide bonds. The van der Waals surface area contributed by atoms with Crippen molar-refractivity contribution in [2.45, 2.75) is 24.4 Å². The molecule has 1 N–H and O–H groups in total. The second-order valence-electron chi connectivity index (χ2n) is 10.6. The summed E-state index contributed by atoms with van der Waals surface area (Å²) in [6.45, 7) is 1.99. The molecule has 7 rings (SSSR count). The Balaban J connectivity index is 1.56. The number of halogens is 1. The van der Waals surface area contributed by atoms with Crippen LogP contribution in [0, 0.1) is 18.7 Å². The molecule has 0 aromatic heterocycles. The summed E-state index contributed by atoms with van der Waals surface area (Å²) >= 11 is 0. The van der Waals surface area contributed by atoms with Crippen LogP contribution < -0.4 is 10.2 Å². The maximum atomic E-state index is 15.2. The van der Waals surface area contributed by atoms with Crippen molar-refractivity contribution in [1.29, 1.82) is 0 Å². The first-order valence-electron chi connectivity index (χ1n) is 13.3. The minimum Gasteiger partial charge on any atom is -0.352 e. The van der Waals surface area contributed by atoms with Crippen LogP contribution in [-0.2, 0) is 10.2 Å². The zero-order valence-electron chi connectivity index (χ0n) is 21.7. The number of benzene rings is 4. The fraction of sp³-hybridized carbons (Fsp3) is 0.147. The molecule has 196 valence electrons. The number of hydrogen-bond donors (Lipinski definition) is 1. The molecule has 0 unspecified atom stereocenters. The molecular weight excluding hydrogens is 503 g/mol. The molecule has 5 nitrogen and oxygen atoms in total. The number of nitrogens with zero attached hydrogens (tertiary/aromatic N) is 1. The van der Waals surface area contributed by atoms with Gasteiger partial charge < -0.3 is 10.2 Å². The van der Waals surface area contributed by atoms with Gasteiger partial charge in [-0.15, -0.1) is 0 Å². The Morgan fingerprint density at radius 1 is 0.875 bits per heavy atom. The first-order valence-corrected chi connectivity index (χ1v) is 13.3. The number of anilines is 2. The van der Waals surface area contributed by atoms with Gasteiger partial charge >= 0.3 is 0 Å². The second-order valence-corrected chi connectivity index (χ2v) is 10.6. The Kier molecular flexibility index (Phi) is 5.36. The molecule has 0 bridgehead atoms. The van der Waals surface area contributed by atoms with Crippen molar-refractivity contribution in [3.8, 4) is 0 Å². The number of carbonyl (C=O) groups is 3. The molecule has 4 aromatic carbocycles. The van der Waals surface area contributed by atoms with Gasteiger partial charge in [-0.3, -0.25) is 14.4 Å². The minimum atomic E-state index is -1.47. The van der Waals surface area contributed by atoms with Crippen LogP contribution >= 0.6 is 0 Å². The molecule has 40 heavy (non-hydrogen) atoms. The largest absolute Gasteiger partial charge is 0.352 e. The van der Waals surface area contributed by atoms with E-state index >= 15 is 4.39 Å². The summed E-state index contributed by atoms with van der Waals surface area (Å²) in [5, 5.41) is 2.99. The lowest BCUT2D eigenvalue weighted by Crippen LogP contribution is -2.51. The number of Topliss-reactive ketones (excluding diaryl/α,β-unsaturated/α-hetero) is 2. The number of para-hydroxylation sites is 1. The molecular formula is C34H25FN2O3. The summed E-state index contributed by atoms with van der Waals surface area (Å²) in [5.41, 5.74) is 2.74. The third-order valence-corrected chi connectivity index (χ3v) is 8.54. The van der Waals surface area contributed by atoms with E-state index in [0.29, 0.717) is 16.8 Å². The van der Waals surface area contributed by atoms with Crippen LogP contribution in [0.25, 0.3) is 6.08 Å². The number of aryl methyl sites for hydroxylation is 1. The van der Waals surface area contributed by atoms with Crippen LogP contribution in [0.4, 0.5) is 15.8 Å². The van der Waals surface area contributed by atoms with Crippen LogP contribution in [0.3, 0.4) is 0 Å². The second kappa shape index (κ2) is 8.85. The Bertz CT molecular complexity index is 1750. The van der Waals surface area contributed by atoms with Crippen LogP contribution in [0.2, 0.25) is 0 Å². The Morgan fingerprint density at radius 2 is 1.60 bits per heavy atom. The van der Waals surface area contributed by atoms with E-state index in [2.05, 4.69) is 5.32 Å². The van der Waals surface area contributed by atoms with Gasteiger partial charge in [0, 0.05) is 16.9 Å². The SMILES string of the molecule is Cc1ccc2c(c1)C=C[C@@H]1N2[C@H](C(=O)c2ccccc2)[C@H](C(=O)c2ccccc2F)[C@]12C(=O)Nc1ccccc12. The fourth-order valence-corrected chi connectivity index (χ4v) is 6.90. The molecule has 1 fully saturated rings. The number of amides is 1. The molecule has 1 saturated heterocycles. The zero-order valence-corrected chi connectivity index (χ0v) is 21.7. The third kappa shape index (κ3) is 3.22. The van der Waals surface area contributed by atoms with Crippen molar-refractivity contribution in [3.05, 3.63) is 137 Å². The van der Waals surface area contributed by atoms with E-state index < -0.39 is 35.0 Å². The highest BCUT2D eigenvalue weighted by molar-refractivity contribution is 6.18. The zero-order chi connectivity index (χ0) is 27.6. The van der Waals surface area contributed by atoms with Gasteiger partial charge in [0.05, 0.1) is 17.5 Å². The summed E-state index contributed by atoms with van der Waals surface area (Å²) in [7, 11) is 0. The molecule has 4 atom stereocenters. The molecule has 0 radical (unpaired) electrons. The highest BCUT2D eigenvalue weighted by atomic mass is 19.1. The predicted octanol–water partition coefficient (Wildman–Crippen LogP) is 5.99. The lowest BCUT2D eigenvalue weighted by atomic mass is 9.64. The molecule has 3 heterocycles. The number of ketones is 2. The predicted molar refractivity (Wildman–Crippen MR) is 152 cm³/mol. The van der Waals surface area contributed by atoms with Gasteiger partial charge in [-0.1, -0.05) is 84.4 Å². The van der Waals surface area contributed by atoms with Gasteiger partial charge in [-0.25, -0.2) is 4.39 Å². The van der Waals surface area contributed by atoms with Gasteiger partial charge in [0.25, 0.3) is 0 Å². The van der Waals surface area contributed by atoms with E-state index in [4.69, 9.17) is 0 Å². The lowest BCUT2D eigenvalue weighted by Gasteiger charge is -2.37. The maximum absolute atomic E-state index is 15.2. The quantitative estimate of drug-likeness (QED) is 0.331. The van der Waals surface area contributed by atoms with Crippen molar-refractivity contribution in [2.24, 2.45) is 5.92 Å². The molecule has 0 saturated carbocycles. The van der Waals surface area contributed by atoms with Crippen molar-refractivity contribution >= 4 is 34.9 Å². The van der Waals surface area contributed by atoms with Gasteiger partial charge in [-0.05, 0) is 48.4 Å². The standard InChI is InChI=1S/C34H25FN2O3/c1-20-15-17-27-22(19-20)16-18-28-34(24-12-6-8-14-26(24)36-33(34)40)29(32(39)23-11-5-7-13-25(23)35)30(37(27)28)31(38)21-9-3-2-4-10-21/h2-19,28-30H,1H3,(H,36,40)/t28-,29+,30-,34+/m0/s1. The summed E-state index contributed by atoms with van der Waals surface area (Å²) in [6.07, 6.45) is 3.88. The first kappa shape index (κ1) is 24.2. The molecule has 4 aromatic rings.